The van der Waals surface area contributed by atoms with Crippen molar-refractivity contribution in [1.29, 1.82) is 0 Å². The number of carbonyl (C=O) groups excluding carboxylic acids is 1. The van der Waals surface area contributed by atoms with E-state index in [0.29, 0.717) is 17.2 Å². The summed E-state index contributed by atoms with van der Waals surface area (Å²) in [4.78, 5) is 13.8. The molecule has 0 amide bonds. The number of anilines is 2. The fraction of sp³-hybridized carbons (Fsp3) is 0.562. The molecule has 0 heterocycles. The Morgan fingerprint density at radius 3 is 2.57 bits per heavy atom. The van der Waals surface area contributed by atoms with Crippen molar-refractivity contribution in [3.8, 4) is 0 Å². The lowest BCUT2D eigenvalue weighted by Crippen LogP contribution is -2.33. The molecule has 1 unspecified atom stereocenters. The number of benzene rings is 1. The zero-order valence-electron chi connectivity index (χ0n) is 13.6. The third-order valence-electron chi connectivity index (χ3n) is 3.21. The SMILES string of the molecule is COC(=O)c1cccc(NC(CC(C)C)CN(C)C)c1N. The normalized spacial score (nSPS) is 12.5. The van der Waals surface area contributed by atoms with Gasteiger partial charge in [-0.05, 0) is 38.6 Å². The summed E-state index contributed by atoms with van der Waals surface area (Å²) < 4.78 is 4.75. The lowest BCUT2D eigenvalue weighted by molar-refractivity contribution is 0.0602. The zero-order valence-corrected chi connectivity index (χ0v) is 13.6. The lowest BCUT2D eigenvalue weighted by atomic mass is 10.0. The summed E-state index contributed by atoms with van der Waals surface area (Å²) >= 11 is 0. The van der Waals surface area contributed by atoms with Gasteiger partial charge in [0.1, 0.15) is 0 Å². The highest BCUT2D eigenvalue weighted by molar-refractivity contribution is 5.98. The van der Waals surface area contributed by atoms with Gasteiger partial charge in [0, 0.05) is 12.6 Å². The summed E-state index contributed by atoms with van der Waals surface area (Å²) in [6.07, 6.45) is 1.03. The summed E-state index contributed by atoms with van der Waals surface area (Å²) in [6.45, 7) is 5.29. The highest BCUT2D eigenvalue weighted by Gasteiger charge is 2.17. The molecule has 0 bridgehead atoms. The van der Waals surface area contributed by atoms with Gasteiger partial charge in [-0.1, -0.05) is 19.9 Å². The Kier molecular flexibility index (Phi) is 6.49. The van der Waals surface area contributed by atoms with Crippen LogP contribution in [0.4, 0.5) is 11.4 Å². The fourth-order valence-electron chi connectivity index (χ4n) is 2.39. The second-order valence-electron chi connectivity index (χ2n) is 5.99. The highest BCUT2D eigenvalue weighted by atomic mass is 16.5. The van der Waals surface area contributed by atoms with E-state index in [4.69, 9.17) is 10.5 Å². The van der Waals surface area contributed by atoms with Crippen LogP contribution < -0.4 is 11.1 Å². The molecule has 0 aromatic heterocycles. The average molecular weight is 293 g/mol. The first-order chi connectivity index (χ1) is 9.85. The number of nitrogen functional groups attached to an aromatic ring is 1. The molecule has 0 fully saturated rings. The standard InChI is InChI=1S/C16H27N3O2/c1-11(2)9-12(10-19(3)4)18-14-8-6-7-13(15(14)17)16(20)21-5/h6-8,11-12,18H,9-10,17H2,1-5H3. The van der Waals surface area contributed by atoms with Crippen molar-refractivity contribution in [3.05, 3.63) is 23.8 Å². The van der Waals surface area contributed by atoms with E-state index in [1.807, 2.05) is 26.2 Å². The van der Waals surface area contributed by atoms with E-state index in [2.05, 4.69) is 24.1 Å². The van der Waals surface area contributed by atoms with Gasteiger partial charge in [-0.25, -0.2) is 4.79 Å². The molecule has 3 N–H and O–H groups in total. The number of nitrogens with zero attached hydrogens (tertiary/aromatic N) is 1. The van der Waals surface area contributed by atoms with Gasteiger partial charge in [0.15, 0.2) is 0 Å². The van der Waals surface area contributed by atoms with Crippen molar-refractivity contribution in [2.75, 3.05) is 38.8 Å². The van der Waals surface area contributed by atoms with E-state index >= 15 is 0 Å². The van der Waals surface area contributed by atoms with Crippen LogP contribution in [-0.2, 0) is 4.74 Å². The predicted octanol–water partition coefficient (Wildman–Crippen LogP) is 2.44. The van der Waals surface area contributed by atoms with Crippen LogP contribution >= 0.6 is 0 Å². The number of methoxy groups -OCH3 is 1. The maximum absolute atomic E-state index is 11.7. The van der Waals surface area contributed by atoms with Crippen LogP contribution in [0.2, 0.25) is 0 Å². The van der Waals surface area contributed by atoms with E-state index in [1.54, 1.807) is 6.07 Å². The number of likely N-dealkylation sites (N-methyl/N-ethyl adjacent to an activating group) is 1. The lowest BCUT2D eigenvalue weighted by Gasteiger charge is -2.26. The van der Waals surface area contributed by atoms with Crippen LogP contribution in [0.3, 0.4) is 0 Å². The van der Waals surface area contributed by atoms with E-state index < -0.39 is 5.97 Å². The van der Waals surface area contributed by atoms with Crippen LogP contribution in [0.25, 0.3) is 0 Å². The third kappa shape index (κ3) is 5.27. The molecule has 21 heavy (non-hydrogen) atoms. The Labute approximate surface area is 127 Å². The van der Waals surface area contributed by atoms with Crippen LogP contribution in [0.1, 0.15) is 30.6 Å². The number of nitrogens with two attached hydrogens (primary N) is 1. The molecule has 1 aromatic rings. The van der Waals surface area contributed by atoms with Crippen LogP contribution in [0, 0.1) is 5.92 Å². The minimum Gasteiger partial charge on any atom is -0.465 e. The summed E-state index contributed by atoms with van der Waals surface area (Å²) in [7, 11) is 5.45. The molecule has 0 saturated heterocycles. The number of hydrogen-bond donors (Lipinski definition) is 2. The first-order valence-electron chi connectivity index (χ1n) is 7.23. The molecule has 5 nitrogen and oxygen atoms in total. The van der Waals surface area contributed by atoms with Crippen molar-refractivity contribution in [2.45, 2.75) is 26.3 Å². The maximum atomic E-state index is 11.7. The monoisotopic (exact) mass is 293 g/mol. The molecule has 1 rings (SSSR count). The largest absolute Gasteiger partial charge is 0.465 e. The van der Waals surface area contributed by atoms with Gasteiger partial charge >= 0.3 is 5.97 Å². The second-order valence-corrected chi connectivity index (χ2v) is 5.99. The second kappa shape index (κ2) is 7.88. The topological polar surface area (TPSA) is 67.6 Å². The molecule has 5 heteroatoms. The fourth-order valence-corrected chi connectivity index (χ4v) is 2.39. The number of hydrogen-bond acceptors (Lipinski definition) is 5. The Morgan fingerprint density at radius 2 is 2.05 bits per heavy atom. The zero-order chi connectivity index (χ0) is 16.0. The maximum Gasteiger partial charge on any atom is 0.340 e. The quantitative estimate of drug-likeness (QED) is 0.597. The number of carbonyl (C=O) groups is 1. The van der Waals surface area contributed by atoms with Gasteiger partial charge in [0.2, 0.25) is 0 Å². The number of nitrogens with one attached hydrogen (secondary N) is 1. The smallest absolute Gasteiger partial charge is 0.340 e. The van der Waals surface area contributed by atoms with Gasteiger partial charge in [-0.15, -0.1) is 0 Å². The van der Waals surface area contributed by atoms with Gasteiger partial charge in [-0.2, -0.15) is 0 Å². The molecule has 118 valence electrons. The Hall–Kier alpha value is -1.75. The molecule has 0 radical (unpaired) electrons. The molecule has 1 aromatic carbocycles. The molecule has 0 saturated carbocycles. The number of esters is 1. The van der Waals surface area contributed by atoms with Gasteiger partial charge in [0.05, 0.1) is 24.0 Å². The number of para-hydroxylation sites is 1. The van der Waals surface area contributed by atoms with Gasteiger partial charge in [0.25, 0.3) is 0 Å². The minimum atomic E-state index is -0.413. The van der Waals surface area contributed by atoms with Crippen LogP contribution in [0.5, 0.6) is 0 Å². The van der Waals surface area contributed by atoms with Crippen molar-refractivity contribution in [1.82, 2.24) is 4.90 Å². The summed E-state index contributed by atoms with van der Waals surface area (Å²) in [5, 5.41) is 3.45. The Morgan fingerprint density at radius 1 is 1.38 bits per heavy atom. The van der Waals surface area contributed by atoms with E-state index in [1.165, 1.54) is 7.11 Å². The predicted molar refractivity (Wildman–Crippen MR) is 87.6 cm³/mol. The number of ether oxygens (including phenoxy) is 1. The van der Waals surface area contributed by atoms with E-state index in [9.17, 15) is 4.79 Å². The summed E-state index contributed by atoms with van der Waals surface area (Å²) in [5.41, 5.74) is 7.72. The molecular weight excluding hydrogens is 266 g/mol. The highest BCUT2D eigenvalue weighted by Crippen LogP contribution is 2.25. The van der Waals surface area contributed by atoms with Crippen LogP contribution in [0.15, 0.2) is 18.2 Å². The Bertz CT molecular complexity index is 463. The third-order valence-corrected chi connectivity index (χ3v) is 3.21. The van der Waals surface area contributed by atoms with E-state index in [-0.39, 0.29) is 6.04 Å². The average Bonchev–Trinajstić information content (AvgIpc) is 2.38. The van der Waals surface area contributed by atoms with Gasteiger partial charge in [-0.3, -0.25) is 0 Å². The molecule has 0 spiro atoms. The van der Waals surface area contributed by atoms with E-state index in [0.717, 1.165) is 18.7 Å². The number of rotatable bonds is 7. The van der Waals surface area contributed by atoms with Crippen molar-refractivity contribution in [3.63, 3.8) is 0 Å². The molecule has 1 atom stereocenters. The van der Waals surface area contributed by atoms with Crippen LogP contribution in [-0.4, -0.2) is 44.7 Å². The van der Waals surface area contributed by atoms with Gasteiger partial charge < -0.3 is 20.7 Å². The van der Waals surface area contributed by atoms with Crippen molar-refractivity contribution >= 4 is 17.3 Å². The van der Waals surface area contributed by atoms with Crippen molar-refractivity contribution in [2.24, 2.45) is 5.92 Å². The molecular formula is C16H27N3O2. The molecule has 0 aliphatic carbocycles. The first kappa shape index (κ1) is 17.3. The molecule has 0 aliphatic rings. The molecule has 0 aliphatic heterocycles. The Balaban J connectivity index is 2.95. The summed E-state index contributed by atoms with van der Waals surface area (Å²) in [5.74, 6) is 0.164. The first-order valence-corrected chi connectivity index (χ1v) is 7.23. The summed E-state index contributed by atoms with van der Waals surface area (Å²) in [6, 6.07) is 5.66. The minimum absolute atomic E-state index is 0.273. The van der Waals surface area contributed by atoms with Crippen molar-refractivity contribution < 1.29 is 9.53 Å².